The van der Waals surface area contributed by atoms with Crippen LogP contribution in [0.4, 0.5) is 16.3 Å². The molecule has 0 fully saturated rings. The van der Waals surface area contributed by atoms with Crippen molar-refractivity contribution in [1.29, 1.82) is 0 Å². The van der Waals surface area contributed by atoms with Crippen molar-refractivity contribution < 1.29 is 9.53 Å². The Bertz CT molecular complexity index is 923. The van der Waals surface area contributed by atoms with Crippen molar-refractivity contribution in [3.8, 4) is 11.4 Å². The Morgan fingerprint density at radius 1 is 1.08 bits per heavy atom. The first kappa shape index (κ1) is 16.5. The van der Waals surface area contributed by atoms with Crippen molar-refractivity contribution in [2.24, 2.45) is 0 Å². The highest BCUT2D eigenvalue weighted by molar-refractivity contribution is 7.98. The Balaban J connectivity index is 1.58. The lowest BCUT2D eigenvalue weighted by Crippen LogP contribution is -2.22. The van der Waals surface area contributed by atoms with E-state index in [1.807, 2.05) is 30.3 Å². The molecule has 2 N–H and O–H groups in total. The molecule has 6 nitrogen and oxygen atoms in total. The molecule has 0 saturated heterocycles. The van der Waals surface area contributed by atoms with Crippen molar-refractivity contribution in [1.82, 2.24) is 9.78 Å². The van der Waals surface area contributed by atoms with Crippen LogP contribution in [0.2, 0.25) is 0 Å². The van der Waals surface area contributed by atoms with E-state index in [1.54, 1.807) is 47.8 Å². The van der Waals surface area contributed by atoms with Gasteiger partial charge in [-0.05, 0) is 36.4 Å². The van der Waals surface area contributed by atoms with Crippen molar-refractivity contribution in [3.05, 3.63) is 65.9 Å². The fourth-order valence-electron chi connectivity index (χ4n) is 2.84. The summed E-state index contributed by atoms with van der Waals surface area (Å²) in [5.74, 6) is 3.18. The summed E-state index contributed by atoms with van der Waals surface area (Å²) in [5, 5.41) is 10.5. The Hall–Kier alpha value is -2.93. The van der Waals surface area contributed by atoms with E-state index in [0.717, 1.165) is 40.0 Å². The van der Waals surface area contributed by atoms with Crippen LogP contribution in [0.1, 0.15) is 11.3 Å². The van der Waals surface area contributed by atoms with Crippen LogP contribution in [0, 0.1) is 0 Å². The van der Waals surface area contributed by atoms with Gasteiger partial charge >= 0.3 is 6.03 Å². The molecule has 132 valence electrons. The summed E-state index contributed by atoms with van der Waals surface area (Å²) in [6, 6.07) is 16.7. The highest BCUT2D eigenvalue weighted by Crippen LogP contribution is 2.36. The normalized spacial score (nSPS) is 12.5. The molecule has 0 unspecified atom stereocenters. The van der Waals surface area contributed by atoms with Gasteiger partial charge in [-0.25, -0.2) is 9.48 Å². The van der Waals surface area contributed by atoms with Crippen LogP contribution in [0.25, 0.3) is 5.69 Å². The van der Waals surface area contributed by atoms with Crippen LogP contribution in [-0.4, -0.2) is 22.9 Å². The molecule has 1 aliphatic rings. The van der Waals surface area contributed by atoms with Crippen LogP contribution >= 0.6 is 11.8 Å². The van der Waals surface area contributed by atoms with E-state index in [1.165, 1.54) is 0 Å². The quantitative estimate of drug-likeness (QED) is 0.723. The number of methoxy groups -OCH3 is 1. The van der Waals surface area contributed by atoms with Crippen molar-refractivity contribution >= 4 is 29.3 Å². The molecule has 2 heterocycles. The smallest absolute Gasteiger partial charge is 0.324 e. The van der Waals surface area contributed by atoms with Crippen molar-refractivity contribution in [2.45, 2.75) is 11.5 Å². The number of aromatic nitrogens is 2. The van der Waals surface area contributed by atoms with Crippen LogP contribution < -0.4 is 15.4 Å². The fraction of sp³-hybridized carbons (Fsp3) is 0.158. The van der Waals surface area contributed by atoms with Gasteiger partial charge in [0.05, 0.1) is 18.5 Å². The molecule has 0 atom stereocenters. The number of para-hydroxylation sites is 1. The summed E-state index contributed by atoms with van der Waals surface area (Å²) in [7, 11) is 1.61. The molecule has 1 aromatic heterocycles. The maximum absolute atomic E-state index is 12.5. The number of fused-ring (bicyclic) bond motifs is 1. The predicted octanol–water partition coefficient (Wildman–Crippen LogP) is 4.27. The topological polar surface area (TPSA) is 68.2 Å². The van der Waals surface area contributed by atoms with Crippen molar-refractivity contribution in [3.63, 3.8) is 0 Å². The fourth-order valence-corrected chi connectivity index (χ4v) is 3.88. The number of hydrogen-bond acceptors (Lipinski definition) is 4. The van der Waals surface area contributed by atoms with Gasteiger partial charge < -0.3 is 10.1 Å². The van der Waals surface area contributed by atoms with Crippen LogP contribution in [-0.2, 0) is 11.5 Å². The number of anilines is 2. The number of benzene rings is 2. The minimum absolute atomic E-state index is 0.299. The molecule has 2 aromatic carbocycles. The maximum atomic E-state index is 12.5. The number of rotatable bonds is 4. The average molecular weight is 366 g/mol. The van der Waals surface area contributed by atoms with Gasteiger partial charge in [-0.2, -0.15) is 16.9 Å². The lowest BCUT2D eigenvalue weighted by atomic mass is 10.2. The Labute approximate surface area is 155 Å². The minimum Gasteiger partial charge on any atom is -0.497 e. The van der Waals surface area contributed by atoms with Crippen LogP contribution in [0.15, 0.2) is 54.6 Å². The monoisotopic (exact) mass is 366 g/mol. The SMILES string of the molecule is COc1ccc(NC(=O)Nc2c3c(nn2-c2ccccc2)CSC3)cc1. The van der Waals surface area contributed by atoms with E-state index < -0.39 is 0 Å². The summed E-state index contributed by atoms with van der Waals surface area (Å²) in [6.45, 7) is 0. The van der Waals surface area contributed by atoms with Crippen LogP contribution in [0.5, 0.6) is 5.75 Å². The molecule has 0 bridgehead atoms. The highest BCUT2D eigenvalue weighted by atomic mass is 32.2. The number of nitrogens with zero attached hydrogens (tertiary/aromatic N) is 2. The number of thioether (sulfide) groups is 1. The molecule has 0 spiro atoms. The number of hydrogen-bond donors (Lipinski definition) is 2. The highest BCUT2D eigenvalue weighted by Gasteiger charge is 2.24. The third-order valence-corrected chi connectivity index (χ3v) is 5.10. The maximum Gasteiger partial charge on any atom is 0.324 e. The molecule has 0 saturated carbocycles. The number of carbonyl (C=O) groups excluding carboxylic acids is 1. The van der Waals surface area contributed by atoms with Gasteiger partial charge in [-0.15, -0.1) is 0 Å². The van der Waals surface area contributed by atoms with Crippen LogP contribution in [0.3, 0.4) is 0 Å². The summed E-state index contributed by atoms with van der Waals surface area (Å²) in [6.07, 6.45) is 0. The number of ether oxygens (including phenoxy) is 1. The Morgan fingerprint density at radius 2 is 1.85 bits per heavy atom. The Kier molecular flexibility index (Phi) is 4.53. The zero-order chi connectivity index (χ0) is 17.9. The second-order valence-electron chi connectivity index (χ2n) is 5.82. The summed E-state index contributed by atoms with van der Waals surface area (Å²) in [4.78, 5) is 12.5. The van der Waals surface area contributed by atoms with Gasteiger partial charge in [0.2, 0.25) is 0 Å². The molecule has 4 rings (SSSR count). The van der Waals surface area contributed by atoms with E-state index in [4.69, 9.17) is 4.74 Å². The van der Waals surface area contributed by atoms with E-state index in [2.05, 4.69) is 15.7 Å². The Morgan fingerprint density at radius 3 is 2.58 bits per heavy atom. The average Bonchev–Trinajstić information content (AvgIpc) is 3.26. The molecule has 0 radical (unpaired) electrons. The van der Waals surface area contributed by atoms with Gasteiger partial charge in [-0.3, -0.25) is 5.32 Å². The largest absolute Gasteiger partial charge is 0.497 e. The van der Waals surface area contributed by atoms with Gasteiger partial charge in [0.25, 0.3) is 0 Å². The number of urea groups is 1. The van der Waals surface area contributed by atoms with E-state index in [9.17, 15) is 4.79 Å². The second kappa shape index (κ2) is 7.13. The second-order valence-corrected chi connectivity index (χ2v) is 6.81. The standard InChI is InChI=1S/C19H18N4O2S/c1-25-15-9-7-13(8-10-15)20-19(24)21-18-16-11-26-12-17(16)22-23(18)14-5-3-2-4-6-14/h2-10H,11-12H2,1H3,(H2,20,21,24). The lowest BCUT2D eigenvalue weighted by molar-refractivity contribution is 0.262. The molecule has 7 heteroatoms. The lowest BCUT2D eigenvalue weighted by Gasteiger charge is -2.12. The van der Waals surface area contributed by atoms with Gasteiger partial charge in [0.1, 0.15) is 11.6 Å². The summed E-state index contributed by atoms with van der Waals surface area (Å²) < 4.78 is 6.94. The first-order valence-corrected chi connectivity index (χ1v) is 9.36. The molecule has 2 amide bonds. The van der Waals surface area contributed by atoms with E-state index in [-0.39, 0.29) is 6.03 Å². The van der Waals surface area contributed by atoms with Gasteiger partial charge in [-0.1, -0.05) is 18.2 Å². The van der Waals surface area contributed by atoms with Gasteiger partial charge in [0.15, 0.2) is 0 Å². The minimum atomic E-state index is -0.299. The molecule has 0 aliphatic carbocycles. The summed E-state index contributed by atoms with van der Waals surface area (Å²) >= 11 is 1.80. The summed E-state index contributed by atoms with van der Waals surface area (Å²) in [5.41, 5.74) is 3.73. The molecular formula is C19H18N4O2S. The number of nitrogens with one attached hydrogen (secondary N) is 2. The van der Waals surface area contributed by atoms with Crippen molar-refractivity contribution in [2.75, 3.05) is 17.7 Å². The van der Waals surface area contributed by atoms with E-state index in [0.29, 0.717) is 5.69 Å². The van der Waals surface area contributed by atoms with E-state index >= 15 is 0 Å². The first-order valence-electron chi connectivity index (χ1n) is 8.20. The number of carbonyl (C=O) groups is 1. The first-order chi connectivity index (χ1) is 12.7. The molecule has 26 heavy (non-hydrogen) atoms. The predicted molar refractivity (Wildman–Crippen MR) is 104 cm³/mol. The number of amides is 2. The third kappa shape index (κ3) is 3.25. The zero-order valence-corrected chi connectivity index (χ0v) is 15.0. The zero-order valence-electron chi connectivity index (χ0n) is 14.2. The third-order valence-electron chi connectivity index (χ3n) is 4.13. The molecular weight excluding hydrogens is 348 g/mol. The van der Waals surface area contributed by atoms with Gasteiger partial charge in [0, 0.05) is 22.8 Å². The molecule has 1 aliphatic heterocycles. The molecule has 3 aromatic rings.